The molecule has 0 spiro atoms. The fraction of sp³-hybridized carbons (Fsp3) is 0.571. The summed E-state index contributed by atoms with van der Waals surface area (Å²) in [6, 6.07) is 0.565. The lowest BCUT2D eigenvalue weighted by Gasteiger charge is -2.27. The van der Waals surface area contributed by atoms with Crippen molar-refractivity contribution in [3.8, 4) is 0 Å². The highest BCUT2D eigenvalue weighted by Crippen LogP contribution is 2.24. The molecule has 0 unspecified atom stereocenters. The highest BCUT2D eigenvalue weighted by Gasteiger charge is 2.25. The third-order valence-electron chi connectivity index (χ3n) is 3.40. The molecular formula is C14H23N3O. The van der Waals surface area contributed by atoms with Crippen molar-refractivity contribution in [2.24, 2.45) is 10.9 Å². The van der Waals surface area contributed by atoms with Gasteiger partial charge in [0.15, 0.2) is 0 Å². The summed E-state index contributed by atoms with van der Waals surface area (Å²) in [5.74, 6) is 0.219. The van der Waals surface area contributed by atoms with E-state index >= 15 is 0 Å². The van der Waals surface area contributed by atoms with Crippen molar-refractivity contribution in [3.05, 3.63) is 24.4 Å². The van der Waals surface area contributed by atoms with Gasteiger partial charge in [-0.15, -0.1) is 0 Å². The molecule has 4 heteroatoms. The molecule has 0 atom stereocenters. The molecule has 0 aromatic rings. The molecule has 0 aliphatic heterocycles. The molecular weight excluding hydrogens is 226 g/mol. The molecule has 1 fully saturated rings. The molecule has 1 saturated carbocycles. The first-order valence-corrected chi connectivity index (χ1v) is 6.44. The van der Waals surface area contributed by atoms with Crippen LogP contribution in [0.1, 0.15) is 25.7 Å². The van der Waals surface area contributed by atoms with Gasteiger partial charge in [0.25, 0.3) is 0 Å². The predicted molar refractivity (Wildman–Crippen MR) is 75.6 cm³/mol. The Hall–Kier alpha value is -1.42. The molecule has 1 amide bonds. The number of carbonyl (C=O) groups is 1. The van der Waals surface area contributed by atoms with Gasteiger partial charge in [0.05, 0.1) is 0 Å². The van der Waals surface area contributed by atoms with Crippen molar-refractivity contribution < 1.29 is 4.79 Å². The van der Waals surface area contributed by atoms with Gasteiger partial charge in [0, 0.05) is 30.9 Å². The largest absolute Gasteiger partial charge is 0.326 e. The Morgan fingerprint density at radius 1 is 1.33 bits per heavy atom. The first-order valence-electron chi connectivity index (χ1n) is 6.44. The van der Waals surface area contributed by atoms with Crippen LogP contribution in [0.3, 0.4) is 0 Å². The van der Waals surface area contributed by atoms with Gasteiger partial charge in [-0.05, 0) is 44.9 Å². The zero-order chi connectivity index (χ0) is 13.4. The molecule has 0 radical (unpaired) electrons. The Morgan fingerprint density at radius 3 is 2.50 bits per heavy atom. The molecule has 4 nitrogen and oxygen atoms in total. The van der Waals surface area contributed by atoms with Crippen LogP contribution in [0, 0.1) is 5.92 Å². The van der Waals surface area contributed by atoms with Gasteiger partial charge in [0.2, 0.25) is 5.91 Å². The molecule has 0 aromatic heterocycles. The molecule has 0 aromatic carbocycles. The van der Waals surface area contributed by atoms with Crippen LogP contribution < -0.4 is 10.6 Å². The van der Waals surface area contributed by atoms with Crippen molar-refractivity contribution in [1.29, 1.82) is 0 Å². The summed E-state index contributed by atoms with van der Waals surface area (Å²) in [6.45, 7) is 3.68. The van der Waals surface area contributed by atoms with Crippen molar-refractivity contribution in [1.82, 2.24) is 10.6 Å². The second-order valence-electron chi connectivity index (χ2n) is 4.56. The first-order chi connectivity index (χ1) is 8.71. The van der Waals surface area contributed by atoms with Gasteiger partial charge in [-0.3, -0.25) is 9.79 Å². The van der Waals surface area contributed by atoms with Crippen LogP contribution in [0.2, 0.25) is 0 Å². The van der Waals surface area contributed by atoms with Crippen LogP contribution in [0.15, 0.2) is 29.4 Å². The number of nitrogens with one attached hydrogen (secondary N) is 2. The summed E-state index contributed by atoms with van der Waals surface area (Å²) in [6.07, 6.45) is 9.07. The SMILES string of the molecule is C=C/C(=C\C=NC)NC(=O)C1CCC(NC)CC1. The molecule has 18 heavy (non-hydrogen) atoms. The zero-order valence-electron chi connectivity index (χ0n) is 11.3. The van der Waals surface area contributed by atoms with E-state index < -0.39 is 0 Å². The van der Waals surface area contributed by atoms with Crippen molar-refractivity contribution >= 4 is 12.1 Å². The van der Waals surface area contributed by atoms with E-state index in [1.807, 2.05) is 7.05 Å². The summed E-state index contributed by atoms with van der Waals surface area (Å²) in [4.78, 5) is 15.9. The van der Waals surface area contributed by atoms with E-state index in [0.29, 0.717) is 11.7 Å². The fourth-order valence-electron chi connectivity index (χ4n) is 2.20. The highest BCUT2D eigenvalue weighted by atomic mass is 16.1. The summed E-state index contributed by atoms with van der Waals surface area (Å²) in [7, 11) is 3.67. The molecule has 100 valence electrons. The quantitative estimate of drug-likeness (QED) is 0.575. The van der Waals surface area contributed by atoms with E-state index in [9.17, 15) is 4.79 Å². The smallest absolute Gasteiger partial charge is 0.227 e. The highest BCUT2D eigenvalue weighted by molar-refractivity contribution is 5.82. The molecule has 0 bridgehead atoms. The van der Waals surface area contributed by atoms with Gasteiger partial charge in [-0.1, -0.05) is 6.58 Å². The zero-order valence-corrected chi connectivity index (χ0v) is 11.3. The molecule has 1 rings (SSSR count). The van der Waals surface area contributed by atoms with E-state index in [0.717, 1.165) is 25.7 Å². The van der Waals surface area contributed by atoms with Crippen LogP contribution in [-0.4, -0.2) is 32.3 Å². The molecule has 2 N–H and O–H groups in total. The Labute approximate surface area is 109 Å². The maximum atomic E-state index is 12.1. The van der Waals surface area contributed by atoms with Crippen molar-refractivity contribution in [2.75, 3.05) is 14.1 Å². The third kappa shape index (κ3) is 4.45. The number of allylic oxidation sites excluding steroid dienone is 2. The lowest BCUT2D eigenvalue weighted by Crippen LogP contribution is -2.36. The number of rotatable bonds is 5. The van der Waals surface area contributed by atoms with E-state index in [2.05, 4.69) is 22.2 Å². The van der Waals surface area contributed by atoms with Gasteiger partial charge >= 0.3 is 0 Å². The van der Waals surface area contributed by atoms with Gasteiger partial charge in [-0.2, -0.15) is 0 Å². The normalized spacial score (nSPS) is 25.1. The Bertz CT molecular complexity index is 339. The third-order valence-corrected chi connectivity index (χ3v) is 3.40. The number of amides is 1. The predicted octanol–water partition coefficient (Wildman–Crippen LogP) is 1.65. The molecule has 0 heterocycles. The van der Waals surface area contributed by atoms with Crippen LogP contribution in [0.25, 0.3) is 0 Å². The monoisotopic (exact) mass is 249 g/mol. The van der Waals surface area contributed by atoms with Gasteiger partial charge in [0.1, 0.15) is 0 Å². The Kier molecular flexibility index (Phi) is 6.36. The van der Waals surface area contributed by atoms with Gasteiger partial charge in [-0.25, -0.2) is 0 Å². The standard InChI is InChI=1S/C14H23N3O/c1-4-12(9-10-15-2)17-14(18)11-5-7-13(16-3)8-6-11/h4,9-11,13,16H,1,5-8H2,2-3H3,(H,17,18)/b12-9+,15-10?. The number of carbonyl (C=O) groups excluding carboxylic acids is 1. The average Bonchev–Trinajstić information content (AvgIpc) is 2.43. The lowest BCUT2D eigenvalue weighted by molar-refractivity contribution is -0.125. The van der Waals surface area contributed by atoms with Crippen LogP contribution >= 0.6 is 0 Å². The summed E-state index contributed by atoms with van der Waals surface area (Å²) >= 11 is 0. The van der Waals surface area contributed by atoms with E-state index in [1.165, 1.54) is 0 Å². The second kappa shape index (κ2) is 7.82. The number of nitrogens with zero attached hydrogens (tertiary/aromatic N) is 1. The fourth-order valence-corrected chi connectivity index (χ4v) is 2.20. The molecule has 0 saturated heterocycles. The van der Waals surface area contributed by atoms with E-state index in [1.54, 1.807) is 25.4 Å². The van der Waals surface area contributed by atoms with Crippen LogP contribution in [0.4, 0.5) is 0 Å². The Morgan fingerprint density at radius 2 is 2.00 bits per heavy atom. The number of aliphatic imine (C=N–C) groups is 1. The van der Waals surface area contributed by atoms with E-state index in [4.69, 9.17) is 0 Å². The summed E-state index contributed by atoms with van der Waals surface area (Å²) in [5.41, 5.74) is 0.710. The number of hydrogen-bond donors (Lipinski definition) is 2. The minimum Gasteiger partial charge on any atom is -0.326 e. The first kappa shape index (κ1) is 14.6. The average molecular weight is 249 g/mol. The van der Waals surface area contributed by atoms with Crippen LogP contribution in [0.5, 0.6) is 0 Å². The van der Waals surface area contributed by atoms with Gasteiger partial charge < -0.3 is 10.6 Å². The lowest BCUT2D eigenvalue weighted by atomic mass is 9.85. The minimum atomic E-state index is 0.0974. The van der Waals surface area contributed by atoms with Crippen LogP contribution in [-0.2, 0) is 4.79 Å². The maximum Gasteiger partial charge on any atom is 0.227 e. The van der Waals surface area contributed by atoms with Crippen molar-refractivity contribution in [2.45, 2.75) is 31.7 Å². The maximum absolute atomic E-state index is 12.1. The Balaban J connectivity index is 2.48. The summed E-state index contributed by atoms with van der Waals surface area (Å²) in [5, 5.41) is 6.16. The number of hydrogen-bond acceptors (Lipinski definition) is 3. The molecule has 1 aliphatic carbocycles. The van der Waals surface area contributed by atoms with Crippen molar-refractivity contribution in [3.63, 3.8) is 0 Å². The minimum absolute atomic E-state index is 0.0974. The second-order valence-corrected chi connectivity index (χ2v) is 4.56. The summed E-state index contributed by atoms with van der Waals surface area (Å²) < 4.78 is 0. The topological polar surface area (TPSA) is 53.5 Å². The molecule has 1 aliphatic rings. The van der Waals surface area contributed by atoms with E-state index in [-0.39, 0.29) is 11.8 Å².